The maximum atomic E-state index is 11.8. The van der Waals surface area contributed by atoms with E-state index in [2.05, 4.69) is 5.32 Å². The molecule has 1 fully saturated rings. The van der Waals surface area contributed by atoms with Crippen LogP contribution in [0.15, 0.2) is 24.3 Å². The van der Waals surface area contributed by atoms with Gasteiger partial charge in [0.05, 0.1) is 23.8 Å². The molecule has 0 atom stereocenters. The first kappa shape index (κ1) is 16.0. The summed E-state index contributed by atoms with van der Waals surface area (Å²) in [5, 5.41) is 2.56. The molecule has 1 N–H and O–H groups in total. The van der Waals surface area contributed by atoms with Gasteiger partial charge in [0.25, 0.3) is 5.91 Å². The molecule has 0 heterocycles. The number of carbonyl (C=O) groups excluding carboxylic acids is 3. The van der Waals surface area contributed by atoms with Gasteiger partial charge in [0.2, 0.25) is 0 Å². The number of rotatable bonds is 6. The molecule has 0 bridgehead atoms. The monoisotopic (exact) mass is 305 g/mol. The summed E-state index contributed by atoms with van der Waals surface area (Å²) in [4.78, 5) is 35.2. The molecule has 0 saturated heterocycles. The van der Waals surface area contributed by atoms with Crippen LogP contribution in [0.1, 0.15) is 36.5 Å². The van der Waals surface area contributed by atoms with E-state index in [0.717, 1.165) is 19.3 Å². The van der Waals surface area contributed by atoms with Crippen molar-refractivity contribution in [3.63, 3.8) is 0 Å². The van der Waals surface area contributed by atoms with Crippen LogP contribution in [0.4, 0.5) is 5.69 Å². The lowest BCUT2D eigenvalue weighted by Gasteiger charge is -2.22. The summed E-state index contributed by atoms with van der Waals surface area (Å²) in [6, 6.07) is 6.53. The minimum absolute atomic E-state index is 0.0698. The summed E-state index contributed by atoms with van der Waals surface area (Å²) in [6.07, 6.45) is 2.68. The van der Waals surface area contributed by atoms with Crippen molar-refractivity contribution in [3.05, 3.63) is 29.8 Å². The Kier molecular flexibility index (Phi) is 5.52. The van der Waals surface area contributed by atoms with Gasteiger partial charge in [0.1, 0.15) is 0 Å². The van der Waals surface area contributed by atoms with E-state index in [-0.39, 0.29) is 30.7 Å². The van der Waals surface area contributed by atoms with Crippen molar-refractivity contribution in [1.29, 1.82) is 0 Å². The van der Waals surface area contributed by atoms with Crippen molar-refractivity contribution in [2.75, 3.05) is 18.5 Å². The van der Waals surface area contributed by atoms with Gasteiger partial charge in [0.15, 0.2) is 6.61 Å². The molecule has 6 heteroatoms. The Morgan fingerprint density at radius 1 is 1.18 bits per heavy atom. The van der Waals surface area contributed by atoms with Crippen LogP contribution in [0.3, 0.4) is 0 Å². The Labute approximate surface area is 128 Å². The molecule has 1 aliphatic rings. The van der Waals surface area contributed by atoms with Gasteiger partial charge in [0, 0.05) is 0 Å². The van der Waals surface area contributed by atoms with Crippen molar-refractivity contribution in [2.45, 2.75) is 26.2 Å². The fourth-order valence-corrected chi connectivity index (χ4v) is 2.06. The van der Waals surface area contributed by atoms with Gasteiger partial charge in [-0.25, -0.2) is 4.79 Å². The average molecular weight is 305 g/mol. The normalized spacial score (nSPS) is 13.9. The number of para-hydroxylation sites is 1. The largest absolute Gasteiger partial charge is 0.462 e. The van der Waals surface area contributed by atoms with Crippen molar-refractivity contribution >= 4 is 23.5 Å². The number of anilines is 1. The third kappa shape index (κ3) is 4.07. The van der Waals surface area contributed by atoms with Gasteiger partial charge >= 0.3 is 11.9 Å². The number of ether oxygens (including phenoxy) is 2. The zero-order valence-electron chi connectivity index (χ0n) is 12.5. The Hall–Kier alpha value is -2.37. The molecule has 2 rings (SSSR count). The van der Waals surface area contributed by atoms with Gasteiger partial charge in [-0.05, 0) is 31.9 Å². The first-order valence-electron chi connectivity index (χ1n) is 7.34. The molecule has 1 aromatic carbocycles. The molecule has 1 aliphatic carbocycles. The lowest BCUT2D eigenvalue weighted by atomic mass is 9.86. The number of carbonyl (C=O) groups is 3. The first-order chi connectivity index (χ1) is 10.6. The molecular formula is C16H19NO5. The summed E-state index contributed by atoms with van der Waals surface area (Å²) in [7, 11) is 0. The number of benzene rings is 1. The van der Waals surface area contributed by atoms with Gasteiger partial charge in [-0.15, -0.1) is 0 Å². The highest BCUT2D eigenvalue weighted by molar-refractivity contribution is 6.01. The molecular weight excluding hydrogens is 286 g/mol. The molecule has 0 radical (unpaired) electrons. The third-order valence-corrected chi connectivity index (χ3v) is 3.48. The van der Waals surface area contributed by atoms with Crippen molar-refractivity contribution in [2.24, 2.45) is 5.92 Å². The number of amides is 1. The van der Waals surface area contributed by atoms with E-state index in [0.29, 0.717) is 5.69 Å². The van der Waals surface area contributed by atoms with E-state index in [1.807, 2.05) is 0 Å². The van der Waals surface area contributed by atoms with E-state index in [9.17, 15) is 14.4 Å². The third-order valence-electron chi connectivity index (χ3n) is 3.48. The van der Waals surface area contributed by atoms with E-state index >= 15 is 0 Å². The minimum atomic E-state index is -0.509. The van der Waals surface area contributed by atoms with Crippen LogP contribution in [0.25, 0.3) is 0 Å². The molecule has 1 saturated carbocycles. The summed E-state index contributed by atoms with van der Waals surface area (Å²) < 4.78 is 9.89. The molecule has 0 spiro atoms. The standard InChI is InChI=1S/C16H19NO5/c1-2-21-16(20)12-8-3-4-9-13(12)17-14(18)10-22-15(19)11-6-5-7-11/h3-4,8-9,11H,2,5-7,10H2,1H3,(H,17,18). The first-order valence-corrected chi connectivity index (χ1v) is 7.34. The van der Waals surface area contributed by atoms with Gasteiger partial charge < -0.3 is 14.8 Å². The lowest BCUT2D eigenvalue weighted by Crippen LogP contribution is -2.28. The van der Waals surface area contributed by atoms with Crippen LogP contribution in [0.2, 0.25) is 0 Å². The highest BCUT2D eigenvalue weighted by atomic mass is 16.5. The molecule has 0 unspecified atom stereocenters. The highest BCUT2D eigenvalue weighted by Gasteiger charge is 2.27. The predicted molar refractivity (Wildman–Crippen MR) is 79.3 cm³/mol. The SMILES string of the molecule is CCOC(=O)c1ccccc1NC(=O)COC(=O)C1CCC1. The molecule has 1 amide bonds. The van der Waals surface area contributed by atoms with Crippen LogP contribution in [0, 0.1) is 5.92 Å². The zero-order chi connectivity index (χ0) is 15.9. The van der Waals surface area contributed by atoms with E-state index in [1.165, 1.54) is 0 Å². The second kappa shape index (κ2) is 7.59. The van der Waals surface area contributed by atoms with Gasteiger partial charge in [-0.1, -0.05) is 18.6 Å². The summed E-state index contributed by atoms with van der Waals surface area (Å²) in [5.41, 5.74) is 0.605. The highest BCUT2D eigenvalue weighted by Crippen LogP contribution is 2.27. The van der Waals surface area contributed by atoms with Crippen molar-refractivity contribution in [1.82, 2.24) is 0 Å². The maximum absolute atomic E-state index is 11.8. The summed E-state index contributed by atoms with van der Waals surface area (Å²) in [6.45, 7) is 1.60. The molecule has 0 aliphatic heterocycles. The molecule has 118 valence electrons. The number of nitrogens with one attached hydrogen (secondary N) is 1. The Morgan fingerprint density at radius 2 is 1.91 bits per heavy atom. The zero-order valence-corrected chi connectivity index (χ0v) is 12.5. The Balaban J connectivity index is 1.90. The molecule has 22 heavy (non-hydrogen) atoms. The van der Waals surface area contributed by atoms with Crippen LogP contribution in [-0.2, 0) is 19.1 Å². The number of esters is 2. The van der Waals surface area contributed by atoms with Crippen molar-refractivity contribution < 1.29 is 23.9 Å². The maximum Gasteiger partial charge on any atom is 0.340 e. The fraction of sp³-hybridized carbons (Fsp3) is 0.438. The summed E-state index contributed by atoms with van der Waals surface area (Å²) in [5.74, 6) is -1.39. The fourth-order valence-electron chi connectivity index (χ4n) is 2.06. The molecule has 6 nitrogen and oxygen atoms in total. The lowest BCUT2D eigenvalue weighted by molar-refractivity contribution is -0.154. The second-order valence-corrected chi connectivity index (χ2v) is 5.05. The summed E-state index contributed by atoms with van der Waals surface area (Å²) >= 11 is 0. The Bertz CT molecular complexity index is 565. The van der Waals surface area contributed by atoms with E-state index < -0.39 is 11.9 Å². The molecule has 1 aromatic rings. The van der Waals surface area contributed by atoms with Gasteiger partial charge in [-0.2, -0.15) is 0 Å². The topological polar surface area (TPSA) is 81.7 Å². The predicted octanol–water partition coefficient (Wildman–Crippen LogP) is 2.15. The average Bonchev–Trinajstić information content (AvgIpc) is 2.44. The number of hydrogen-bond acceptors (Lipinski definition) is 5. The van der Waals surface area contributed by atoms with Crippen LogP contribution < -0.4 is 5.32 Å². The van der Waals surface area contributed by atoms with Crippen LogP contribution in [0.5, 0.6) is 0 Å². The minimum Gasteiger partial charge on any atom is -0.462 e. The van der Waals surface area contributed by atoms with Crippen molar-refractivity contribution in [3.8, 4) is 0 Å². The van der Waals surface area contributed by atoms with Crippen LogP contribution in [-0.4, -0.2) is 31.1 Å². The van der Waals surface area contributed by atoms with E-state index in [4.69, 9.17) is 9.47 Å². The smallest absolute Gasteiger partial charge is 0.340 e. The quantitative estimate of drug-likeness (QED) is 0.814. The second-order valence-electron chi connectivity index (χ2n) is 5.05. The van der Waals surface area contributed by atoms with Crippen LogP contribution >= 0.6 is 0 Å². The molecule has 0 aromatic heterocycles. The number of hydrogen-bond donors (Lipinski definition) is 1. The van der Waals surface area contributed by atoms with Gasteiger partial charge in [-0.3, -0.25) is 9.59 Å². The van der Waals surface area contributed by atoms with E-state index in [1.54, 1.807) is 31.2 Å². The Morgan fingerprint density at radius 3 is 2.55 bits per heavy atom.